The molecule has 0 aliphatic heterocycles. The first-order valence-corrected chi connectivity index (χ1v) is 9.39. The molecule has 3 atom stereocenters. The van der Waals surface area contributed by atoms with Crippen molar-refractivity contribution in [1.82, 2.24) is 0 Å². The summed E-state index contributed by atoms with van der Waals surface area (Å²) in [6.07, 6.45) is 1.58. The largest absolute Gasteiger partial charge is 0.462 e. The van der Waals surface area contributed by atoms with Crippen LogP contribution in [0.2, 0.25) is 0 Å². The highest BCUT2D eigenvalue weighted by Crippen LogP contribution is 2.39. The van der Waals surface area contributed by atoms with Crippen molar-refractivity contribution in [2.45, 2.75) is 55.1 Å². The summed E-state index contributed by atoms with van der Waals surface area (Å²) in [7, 11) is 0. The molecule has 0 amide bonds. The minimum Gasteiger partial charge on any atom is -0.462 e. The van der Waals surface area contributed by atoms with E-state index in [9.17, 15) is 13.6 Å². The molecule has 0 bridgehead atoms. The van der Waals surface area contributed by atoms with Crippen LogP contribution in [-0.2, 0) is 9.53 Å². The molecule has 0 saturated heterocycles. The second-order valence-electron chi connectivity index (χ2n) is 6.41. The lowest BCUT2D eigenvalue weighted by Crippen LogP contribution is -2.08. The van der Waals surface area contributed by atoms with Gasteiger partial charge in [-0.15, -0.1) is 11.8 Å². The molecule has 2 aliphatic carbocycles. The molecule has 2 fully saturated rings. The minimum absolute atomic E-state index is 0.125. The van der Waals surface area contributed by atoms with Gasteiger partial charge in [-0.1, -0.05) is 18.2 Å². The summed E-state index contributed by atoms with van der Waals surface area (Å²) in [5.41, 5.74) is 1.15. The van der Waals surface area contributed by atoms with Crippen LogP contribution in [0.15, 0.2) is 35.2 Å². The fraction of sp³-hybridized carbons (Fsp3) is 0.526. The SMILES string of the molecule is CCOC(=O)/C(=C/C1C[C@@H](F)[C@@H](F)C1)c1ccc(SC2CC2)cc1. The van der Waals surface area contributed by atoms with Gasteiger partial charge in [0.2, 0.25) is 0 Å². The van der Waals surface area contributed by atoms with Crippen LogP contribution in [0, 0.1) is 5.92 Å². The number of hydrogen-bond acceptors (Lipinski definition) is 3. The highest BCUT2D eigenvalue weighted by atomic mass is 32.2. The maximum atomic E-state index is 13.4. The quantitative estimate of drug-likeness (QED) is 0.534. The molecule has 130 valence electrons. The molecule has 1 aromatic rings. The molecular formula is C19H22F2O2S. The van der Waals surface area contributed by atoms with E-state index in [2.05, 4.69) is 0 Å². The number of ether oxygens (including phenoxy) is 1. The molecule has 5 heteroatoms. The van der Waals surface area contributed by atoms with Gasteiger partial charge in [-0.25, -0.2) is 13.6 Å². The summed E-state index contributed by atoms with van der Waals surface area (Å²) < 4.78 is 32.0. The van der Waals surface area contributed by atoms with E-state index >= 15 is 0 Å². The van der Waals surface area contributed by atoms with E-state index in [1.165, 1.54) is 17.7 Å². The number of allylic oxidation sites excluding steroid dienone is 1. The van der Waals surface area contributed by atoms with Gasteiger partial charge in [0.05, 0.1) is 12.2 Å². The molecule has 1 aromatic carbocycles. The molecule has 0 heterocycles. The van der Waals surface area contributed by atoms with Crippen LogP contribution in [-0.4, -0.2) is 30.2 Å². The Labute approximate surface area is 145 Å². The van der Waals surface area contributed by atoms with Crippen LogP contribution in [0.3, 0.4) is 0 Å². The second-order valence-corrected chi connectivity index (χ2v) is 7.78. The first-order chi connectivity index (χ1) is 11.6. The van der Waals surface area contributed by atoms with Crippen molar-refractivity contribution in [2.75, 3.05) is 6.61 Å². The Hall–Kier alpha value is -1.36. The number of carbonyl (C=O) groups excluding carboxylic acids is 1. The van der Waals surface area contributed by atoms with Gasteiger partial charge in [0.25, 0.3) is 0 Å². The maximum Gasteiger partial charge on any atom is 0.338 e. The van der Waals surface area contributed by atoms with E-state index in [1.54, 1.807) is 13.0 Å². The van der Waals surface area contributed by atoms with E-state index in [1.807, 2.05) is 36.0 Å². The fourth-order valence-corrected chi connectivity index (χ4v) is 3.97. The molecule has 24 heavy (non-hydrogen) atoms. The molecule has 1 unspecified atom stereocenters. The van der Waals surface area contributed by atoms with Crippen molar-refractivity contribution in [3.05, 3.63) is 35.9 Å². The lowest BCUT2D eigenvalue weighted by Gasteiger charge is -2.11. The average Bonchev–Trinajstić information content (AvgIpc) is 3.31. The van der Waals surface area contributed by atoms with Crippen molar-refractivity contribution in [1.29, 1.82) is 0 Å². The molecular weight excluding hydrogens is 330 g/mol. The first-order valence-electron chi connectivity index (χ1n) is 8.51. The number of hydrogen-bond donors (Lipinski definition) is 0. The Morgan fingerprint density at radius 3 is 2.38 bits per heavy atom. The van der Waals surface area contributed by atoms with Crippen LogP contribution in [0.25, 0.3) is 5.57 Å². The Morgan fingerprint density at radius 2 is 1.83 bits per heavy atom. The van der Waals surface area contributed by atoms with Crippen LogP contribution in [0.5, 0.6) is 0 Å². The van der Waals surface area contributed by atoms with Gasteiger partial charge in [0, 0.05) is 10.1 Å². The highest BCUT2D eigenvalue weighted by molar-refractivity contribution is 8.00. The predicted octanol–water partition coefficient (Wildman–Crippen LogP) is 4.97. The molecule has 2 nitrogen and oxygen atoms in total. The van der Waals surface area contributed by atoms with Crippen molar-refractivity contribution < 1.29 is 18.3 Å². The molecule has 3 rings (SSSR count). The van der Waals surface area contributed by atoms with Gasteiger partial charge in [-0.2, -0.15) is 0 Å². The Kier molecular flexibility index (Phi) is 5.59. The highest BCUT2D eigenvalue weighted by Gasteiger charge is 2.34. The van der Waals surface area contributed by atoms with Crippen LogP contribution < -0.4 is 0 Å². The fourth-order valence-electron chi connectivity index (χ4n) is 2.92. The van der Waals surface area contributed by atoms with E-state index in [4.69, 9.17) is 4.74 Å². The van der Waals surface area contributed by atoms with E-state index in [-0.39, 0.29) is 25.4 Å². The second kappa shape index (κ2) is 7.68. The number of benzene rings is 1. The van der Waals surface area contributed by atoms with Gasteiger partial charge in [-0.3, -0.25) is 0 Å². The lowest BCUT2D eigenvalue weighted by atomic mass is 9.98. The summed E-state index contributed by atoms with van der Waals surface area (Å²) in [6.45, 7) is 2.02. The van der Waals surface area contributed by atoms with Gasteiger partial charge in [0.15, 0.2) is 0 Å². The monoisotopic (exact) mass is 352 g/mol. The number of esters is 1. The van der Waals surface area contributed by atoms with E-state index in [0.717, 1.165) is 10.8 Å². The Bertz CT molecular complexity index is 600. The van der Waals surface area contributed by atoms with Crippen LogP contribution in [0.4, 0.5) is 8.78 Å². The van der Waals surface area contributed by atoms with Gasteiger partial charge in [0.1, 0.15) is 12.3 Å². The zero-order valence-electron chi connectivity index (χ0n) is 13.7. The van der Waals surface area contributed by atoms with Gasteiger partial charge < -0.3 is 4.74 Å². The molecule has 0 N–H and O–H groups in total. The zero-order chi connectivity index (χ0) is 17.1. The van der Waals surface area contributed by atoms with Crippen molar-refractivity contribution in [2.24, 2.45) is 5.92 Å². The van der Waals surface area contributed by atoms with Crippen LogP contribution >= 0.6 is 11.8 Å². The molecule has 2 aliphatic rings. The number of rotatable bonds is 6. The van der Waals surface area contributed by atoms with E-state index < -0.39 is 18.3 Å². The number of carbonyl (C=O) groups is 1. The summed E-state index contributed by atoms with van der Waals surface area (Å²) in [6, 6.07) is 7.77. The van der Waals surface area contributed by atoms with Gasteiger partial charge >= 0.3 is 5.97 Å². The molecule has 0 spiro atoms. The van der Waals surface area contributed by atoms with Crippen LogP contribution in [0.1, 0.15) is 38.2 Å². The minimum atomic E-state index is -1.44. The summed E-state index contributed by atoms with van der Waals surface area (Å²) >= 11 is 1.85. The van der Waals surface area contributed by atoms with Crippen molar-refractivity contribution in [3.8, 4) is 0 Å². The summed E-state index contributed by atoms with van der Waals surface area (Å²) in [5, 5.41) is 0.720. The molecule has 0 radical (unpaired) electrons. The third-order valence-corrected chi connectivity index (χ3v) is 5.69. The number of halogens is 2. The summed E-state index contributed by atoms with van der Waals surface area (Å²) in [5.74, 6) is -0.701. The molecule has 0 aromatic heterocycles. The third-order valence-electron chi connectivity index (χ3n) is 4.34. The standard InChI is InChI=1S/C19H22F2O2S/c1-2-23-19(22)16(9-12-10-17(20)18(21)11-12)13-3-5-14(6-4-13)24-15-7-8-15/h3-6,9,12,15,17-18H,2,7-8,10-11H2,1H3/b16-9+/t12?,17-,18+. The Morgan fingerprint density at radius 1 is 1.21 bits per heavy atom. The lowest BCUT2D eigenvalue weighted by molar-refractivity contribution is -0.136. The van der Waals surface area contributed by atoms with Crippen molar-refractivity contribution in [3.63, 3.8) is 0 Å². The summed E-state index contributed by atoms with van der Waals surface area (Å²) in [4.78, 5) is 13.5. The topological polar surface area (TPSA) is 26.3 Å². The average molecular weight is 352 g/mol. The first kappa shape index (κ1) is 17.5. The van der Waals surface area contributed by atoms with E-state index in [0.29, 0.717) is 5.57 Å². The predicted molar refractivity (Wildman–Crippen MR) is 92.4 cm³/mol. The molecule has 2 saturated carbocycles. The Balaban J connectivity index is 1.79. The van der Waals surface area contributed by atoms with Crippen molar-refractivity contribution >= 4 is 23.3 Å². The van der Waals surface area contributed by atoms with Gasteiger partial charge in [-0.05, 0) is 56.2 Å². The number of thioether (sulfide) groups is 1. The normalized spacial score (nSPS) is 27.3. The third kappa shape index (κ3) is 4.38. The smallest absolute Gasteiger partial charge is 0.338 e. The maximum absolute atomic E-state index is 13.4. The zero-order valence-corrected chi connectivity index (χ0v) is 14.5. The number of alkyl halides is 2.